The van der Waals surface area contributed by atoms with E-state index in [2.05, 4.69) is 39.0 Å². The second-order valence-corrected chi connectivity index (χ2v) is 5.13. The van der Waals surface area contributed by atoms with Crippen molar-refractivity contribution in [2.24, 2.45) is 5.92 Å². The lowest BCUT2D eigenvalue weighted by Gasteiger charge is -2.26. The van der Waals surface area contributed by atoms with E-state index in [9.17, 15) is 4.79 Å². The molecule has 0 amide bonds. The minimum Gasteiger partial charge on any atom is -0.299 e. The average molecular weight is 246 g/mol. The maximum Gasteiger partial charge on any atom is 0.143 e. The highest BCUT2D eigenvalue weighted by Gasteiger charge is 2.29. The smallest absolute Gasteiger partial charge is 0.143 e. The van der Waals surface area contributed by atoms with E-state index in [4.69, 9.17) is 0 Å². The van der Waals surface area contributed by atoms with E-state index in [0.717, 1.165) is 12.8 Å². The van der Waals surface area contributed by atoms with Crippen LogP contribution in [-0.4, -0.2) is 5.78 Å². The van der Waals surface area contributed by atoms with E-state index in [1.54, 1.807) is 0 Å². The molecule has 2 atom stereocenters. The quantitative estimate of drug-likeness (QED) is 0.695. The molecular weight excluding hydrogens is 220 g/mol. The summed E-state index contributed by atoms with van der Waals surface area (Å²) in [6.45, 7) is 10.3. The van der Waals surface area contributed by atoms with Gasteiger partial charge in [0.2, 0.25) is 0 Å². The van der Waals surface area contributed by atoms with Crippen molar-refractivity contribution in [2.45, 2.75) is 59.8 Å². The summed E-state index contributed by atoms with van der Waals surface area (Å²) in [6.07, 6.45) is 3.29. The van der Waals surface area contributed by atoms with Crippen LogP contribution < -0.4 is 0 Å². The summed E-state index contributed by atoms with van der Waals surface area (Å²) in [5, 5.41) is 0. The van der Waals surface area contributed by atoms with Gasteiger partial charge in [0.25, 0.3) is 0 Å². The molecule has 1 fully saturated rings. The molecule has 100 valence electrons. The monoisotopic (exact) mass is 246 g/mol. The molecule has 0 bridgehead atoms. The van der Waals surface area contributed by atoms with Crippen LogP contribution in [0.2, 0.25) is 0 Å². The van der Waals surface area contributed by atoms with Crippen molar-refractivity contribution in [1.29, 1.82) is 0 Å². The van der Waals surface area contributed by atoms with Crippen LogP contribution in [0.25, 0.3) is 0 Å². The maximum atomic E-state index is 12.1. The highest BCUT2D eigenvalue weighted by Crippen LogP contribution is 2.33. The zero-order chi connectivity index (χ0) is 13.7. The molecule has 0 N–H and O–H groups in total. The maximum absolute atomic E-state index is 12.1. The number of hydrogen-bond donors (Lipinski definition) is 0. The first-order valence-corrected chi connectivity index (χ1v) is 7.20. The first-order valence-electron chi connectivity index (χ1n) is 7.20. The standard InChI is InChI=1S/C15H20O.C2H6/c1-10-7-8-13(9-12(10)3)14-6-4-5-11(2)15(14)16;1-2/h7-9,11,14H,4-6H2,1-3H3;1-2H3. The van der Waals surface area contributed by atoms with Crippen LogP contribution in [0.5, 0.6) is 0 Å². The fourth-order valence-corrected chi connectivity index (χ4v) is 2.57. The van der Waals surface area contributed by atoms with Crippen LogP contribution in [0.4, 0.5) is 0 Å². The summed E-state index contributed by atoms with van der Waals surface area (Å²) >= 11 is 0. The molecule has 18 heavy (non-hydrogen) atoms. The van der Waals surface area contributed by atoms with Gasteiger partial charge in [0.05, 0.1) is 0 Å². The van der Waals surface area contributed by atoms with Crippen molar-refractivity contribution < 1.29 is 4.79 Å². The first kappa shape index (κ1) is 14.9. The van der Waals surface area contributed by atoms with E-state index in [1.165, 1.54) is 23.1 Å². The van der Waals surface area contributed by atoms with Crippen LogP contribution in [0.15, 0.2) is 18.2 Å². The summed E-state index contributed by atoms with van der Waals surface area (Å²) in [5.41, 5.74) is 3.82. The Labute approximate surface area is 112 Å². The minimum atomic E-state index is 0.156. The van der Waals surface area contributed by atoms with E-state index < -0.39 is 0 Å². The van der Waals surface area contributed by atoms with Crippen LogP contribution in [0, 0.1) is 19.8 Å². The minimum absolute atomic E-state index is 0.156. The largest absolute Gasteiger partial charge is 0.299 e. The molecule has 2 rings (SSSR count). The summed E-state index contributed by atoms with van der Waals surface area (Å²) in [6, 6.07) is 6.45. The van der Waals surface area contributed by atoms with Crippen LogP contribution in [-0.2, 0) is 4.79 Å². The lowest BCUT2D eigenvalue weighted by Crippen LogP contribution is -2.24. The highest BCUT2D eigenvalue weighted by molar-refractivity contribution is 5.88. The molecule has 1 aliphatic carbocycles. The van der Waals surface area contributed by atoms with Gasteiger partial charge in [-0.1, -0.05) is 45.4 Å². The third-order valence-corrected chi connectivity index (χ3v) is 3.89. The molecule has 0 aromatic heterocycles. The third kappa shape index (κ3) is 3.22. The number of aryl methyl sites for hydroxylation is 2. The van der Waals surface area contributed by atoms with Gasteiger partial charge in [-0.05, 0) is 43.4 Å². The third-order valence-electron chi connectivity index (χ3n) is 3.89. The summed E-state index contributed by atoms with van der Waals surface area (Å²) in [5.74, 6) is 0.845. The molecule has 1 nitrogen and oxygen atoms in total. The molecule has 0 radical (unpaired) electrons. The van der Waals surface area contributed by atoms with E-state index in [0.29, 0.717) is 5.78 Å². The van der Waals surface area contributed by atoms with Gasteiger partial charge >= 0.3 is 0 Å². The van der Waals surface area contributed by atoms with Gasteiger partial charge in [0.1, 0.15) is 5.78 Å². The normalized spacial score (nSPS) is 23.3. The van der Waals surface area contributed by atoms with Gasteiger partial charge in [-0.25, -0.2) is 0 Å². The summed E-state index contributed by atoms with van der Waals surface area (Å²) in [4.78, 5) is 12.1. The van der Waals surface area contributed by atoms with Crippen molar-refractivity contribution >= 4 is 5.78 Å². The Morgan fingerprint density at radius 2 is 1.72 bits per heavy atom. The van der Waals surface area contributed by atoms with Crippen LogP contribution in [0.1, 0.15) is 62.6 Å². The van der Waals surface area contributed by atoms with Crippen molar-refractivity contribution in [2.75, 3.05) is 0 Å². The molecule has 1 aromatic carbocycles. The number of carbonyl (C=O) groups is 1. The summed E-state index contributed by atoms with van der Waals surface area (Å²) in [7, 11) is 0. The average Bonchev–Trinajstić information content (AvgIpc) is 2.39. The molecule has 0 saturated heterocycles. The molecule has 1 aliphatic rings. The van der Waals surface area contributed by atoms with E-state index in [-0.39, 0.29) is 11.8 Å². The Balaban J connectivity index is 0.000000771. The Morgan fingerprint density at radius 3 is 2.33 bits per heavy atom. The second kappa shape index (κ2) is 6.72. The molecule has 0 spiro atoms. The SMILES string of the molecule is CC.Cc1ccc(C2CCCC(C)C2=O)cc1C. The zero-order valence-electron chi connectivity index (χ0n) is 12.4. The number of ketones is 1. The fraction of sp³-hybridized carbons (Fsp3) is 0.588. The fourth-order valence-electron chi connectivity index (χ4n) is 2.57. The molecule has 0 aliphatic heterocycles. The Bertz CT molecular complexity index is 406. The Hall–Kier alpha value is -1.11. The van der Waals surface area contributed by atoms with Crippen molar-refractivity contribution in [3.8, 4) is 0 Å². The van der Waals surface area contributed by atoms with E-state index >= 15 is 0 Å². The Morgan fingerprint density at radius 1 is 1.06 bits per heavy atom. The van der Waals surface area contributed by atoms with Gasteiger partial charge in [-0.2, -0.15) is 0 Å². The molecule has 1 aromatic rings. The Kier molecular flexibility index (Phi) is 5.58. The first-order chi connectivity index (χ1) is 8.59. The second-order valence-electron chi connectivity index (χ2n) is 5.13. The van der Waals surface area contributed by atoms with E-state index in [1.807, 2.05) is 13.8 Å². The van der Waals surface area contributed by atoms with Gasteiger partial charge in [0.15, 0.2) is 0 Å². The molecule has 1 heteroatoms. The van der Waals surface area contributed by atoms with Gasteiger partial charge in [-0.3, -0.25) is 4.79 Å². The summed E-state index contributed by atoms with van der Waals surface area (Å²) < 4.78 is 0. The number of benzene rings is 1. The van der Waals surface area contributed by atoms with Crippen molar-refractivity contribution in [3.05, 3.63) is 34.9 Å². The van der Waals surface area contributed by atoms with Gasteiger partial charge in [0, 0.05) is 11.8 Å². The molecular formula is C17H26O. The lowest BCUT2D eigenvalue weighted by atomic mass is 9.77. The zero-order valence-corrected chi connectivity index (χ0v) is 12.4. The lowest BCUT2D eigenvalue weighted by molar-refractivity contribution is -0.125. The molecule has 0 heterocycles. The predicted molar refractivity (Wildman–Crippen MR) is 78.0 cm³/mol. The van der Waals surface area contributed by atoms with Gasteiger partial charge in [-0.15, -0.1) is 0 Å². The number of carbonyl (C=O) groups excluding carboxylic acids is 1. The van der Waals surface area contributed by atoms with Crippen LogP contribution in [0.3, 0.4) is 0 Å². The predicted octanol–water partition coefficient (Wildman–Crippen LogP) is 4.80. The van der Waals surface area contributed by atoms with Crippen molar-refractivity contribution in [1.82, 2.24) is 0 Å². The molecule has 2 unspecified atom stereocenters. The number of Topliss-reactive ketones (excluding diaryl/α,β-unsaturated/α-hetero) is 1. The topological polar surface area (TPSA) is 17.1 Å². The highest BCUT2D eigenvalue weighted by atomic mass is 16.1. The number of hydrogen-bond acceptors (Lipinski definition) is 1. The molecule has 1 saturated carbocycles. The van der Waals surface area contributed by atoms with Crippen LogP contribution >= 0.6 is 0 Å². The number of rotatable bonds is 1. The van der Waals surface area contributed by atoms with Crippen molar-refractivity contribution in [3.63, 3.8) is 0 Å². The van der Waals surface area contributed by atoms with Gasteiger partial charge < -0.3 is 0 Å².